The number of methoxy groups -OCH3 is 2. The van der Waals surface area contributed by atoms with Gasteiger partial charge in [-0.05, 0) is 11.6 Å². The van der Waals surface area contributed by atoms with Crippen molar-refractivity contribution in [1.82, 2.24) is 4.98 Å². The molecular formula is C14H14FN3O4. The highest BCUT2D eigenvalue weighted by molar-refractivity contribution is 5.65. The summed E-state index contributed by atoms with van der Waals surface area (Å²) in [6, 6.07) is 5.74. The first kappa shape index (κ1) is 15.5. The molecule has 1 heterocycles. The number of benzene rings is 1. The molecule has 1 N–H and O–H groups in total. The van der Waals surface area contributed by atoms with Crippen molar-refractivity contribution in [2.24, 2.45) is 0 Å². The number of pyridine rings is 1. The number of hydrogen-bond acceptors (Lipinski definition) is 6. The fraction of sp³-hybridized carbons (Fsp3) is 0.214. The van der Waals surface area contributed by atoms with Crippen LogP contribution in [0.3, 0.4) is 0 Å². The van der Waals surface area contributed by atoms with Gasteiger partial charge in [0.1, 0.15) is 11.4 Å². The zero-order chi connectivity index (χ0) is 16.1. The predicted molar refractivity (Wildman–Crippen MR) is 77.7 cm³/mol. The van der Waals surface area contributed by atoms with Gasteiger partial charge in [0.15, 0.2) is 0 Å². The lowest BCUT2D eigenvalue weighted by Crippen LogP contribution is -2.05. The third-order valence-electron chi connectivity index (χ3n) is 2.95. The minimum Gasteiger partial charge on any atom is -0.497 e. The number of rotatable bonds is 6. The van der Waals surface area contributed by atoms with Gasteiger partial charge in [0.25, 0.3) is 0 Å². The molecule has 116 valence electrons. The Labute approximate surface area is 125 Å². The summed E-state index contributed by atoms with van der Waals surface area (Å²) >= 11 is 0. The van der Waals surface area contributed by atoms with E-state index >= 15 is 0 Å². The van der Waals surface area contributed by atoms with Crippen LogP contribution in [0.4, 0.5) is 15.8 Å². The van der Waals surface area contributed by atoms with Crippen LogP contribution in [0, 0.1) is 15.9 Å². The maximum absolute atomic E-state index is 13.8. The molecule has 0 bridgehead atoms. The van der Waals surface area contributed by atoms with Crippen molar-refractivity contribution in [3.05, 3.63) is 52.0 Å². The number of anilines is 1. The van der Waals surface area contributed by atoms with Crippen molar-refractivity contribution >= 4 is 11.4 Å². The van der Waals surface area contributed by atoms with Gasteiger partial charge in [-0.3, -0.25) is 10.1 Å². The van der Waals surface area contributed by atoms with E-state index in [1.165, 1.54) is 20.3 Å². The lowest BCUT2D eigenvalue weighted by Gasteiger charge is -2.10. The van der Waals surface area contributed by atoms with Crippen LogP contribution < -0.4 is 14.8 Å². The molecule has 0 fully saturated rings. The summed E-state index contributed by atoms with van der Waals surface area (Å²) in [5, 5.41) is 13.8. The molecule has 0 aliphatic rings. The molecule has 22 heavy (non-hydrogen) atoms. The lowest BCUT2D eigenvalue weighted by atomic mass is 10.2. The molecule has 0 unspecified atom stereocenters. The number of nitro groups is 1. The second kappa shape index (κ2) is 6.70. The monoisotopic (exact) mass is 307 g/mol. The standard InChI is InChI=1S/C14H14FN3O4/c1-21-10-6-11(15)14(18(19)20)12(7-10)17-8-9-3-4-16-13(5-9)22-2/h3-7,17H,8H2,1-2H3. The Morgan fingerprint density at radius 3 is 2.73 bits per heavy atom. The maximum atomic E-state index is 13.8. The minimum absolute atomic E-state index is 0.0395. The summed E-state index contributed by atoms with van der Waals surface area (Å²) in [7, 11) is 2.85. The van der Waals surface area contributed by atoms with Crippen LogP contribution in [0.2, 0.25) is 0 Å². The van der Waals surface area contributed by atoms with Crippen LogP contribution in [-0.4, -0.2) is 24.1 Å². The van der Waals surface area contributed by atoms with E-state index in [4.69, 9.17) is 9.47 Å². The smallest absolute Gasteiger partial charge is 0.327 e. The Morgan fingerprint density at radius 1 is 1.32 bits per heavy atom. The SMILES string of the molecule is COc1cc(F)c([N+](=O)[O-])c(NCc2ccnc(OC)c2)c1. The third kappa shape index (κ3) is 3.40. The average Bonchev–Trinajstić information content (AvgIpc) is 2.52. The van der Waals surface area contributed by atoms with Gasteiger partial charge in [0.2, 0.25) is 11.7 Å². The first-order valence-electron chi connectivity index (χ1n) is 6.30. The van der Waals surface area contributed by atoms with Crippen LogP contribution in [0.15, 0.2) is 30.5 Å². The van der Waals surface area contributed by atoms with E-state index in [1.54, 1.807) is 18.3 Å². The zero-order valence-corrected chi connectivity index (χ0v) is 12.0. The highest BCUT2D eigenvalue weighted by Gasteiger charge is 2.22. The van der Waals surface area contributed by atoms with E-state index in [0.717, 1.165) is 11.6 Å². The number of hydrogen-bond donors (Lipinski definition) is 1. The Hall–Kier alpha value is -2.90. The summed E-state index contributed by atoms with van der Waals surface area (Å²) in [5.41, 5.74) is 0.198. The van der Waals surface area contributed by atoms with E-state index in [2.05, 4.69) is 10.3 Å². The van der Waals surface area contributed by atoms with Gasteiger partial charge < -0.3 is 14.8 Å². The van der Waals surface area contributed by atoms with Crippen LogP contribution in [0.5, 0.6) is 11.6 Å². The summed E-state index contributed by atoms with van der Waals surface area (Å²) in [4.78, 5) is 14.2. The fourth-order valence-electron chi connectivity index (χ4n) is 1.88. The van der Waals surface area contributed by atoms with Gasteiger partial charge in [-0.25, -0.2) is 4.98 Å². The highest BCUT2D eigenvalue weighted by atomic mass is 19.1. The van der Waals surface area contributed by atoms with Gasteiger partial charge >= 0.3 is 5.69 Å². The maximum Gasteiger partial charge on any atom is 0.327 e. The average molecular weight is 307 g/mol. The number of nitro benzene ring substituents is 1. The normalized spacial score (nSPS) is 10.1. The van der Waals surface area contributed by atoms with Gasteiger partial charge in [-0.1, -0.05) is 0 Å². The van der Waals surface area contributed by atoms with Crippen molar-refractivity contribution in [3.8, 4) is 11.6 Å². The van der Waals surface area contributed by atoms with E-state index in [0.29, 0.717) is 5.88 Å². The molecule has 7 nitrogen and oxygen atoms in total. The van der Waals surface area contributed by atoms with Crippen LogP contribution in [-0.2, 0) is 6.54 Å². The molecule has 8 heteroatoms. The number of nitrogens with zero attached hydrogens (tertiary/aromatic N) is 2. The number of nitrogens with one attached hydrogen (secondary N) is 1. The van der Waals surface area contributed by atoms with Crippen molar-refractivity contribution < 1.29 is 18.8 Å². The summed E-state index contributed by atoms with van der Waals surface area (Å²) in [5.74, 6) is -0.345. The first-order chi connectivity index (χ1) is 10.5. The van der Waals surface area contributed by atoms with Gasteiger partial charge in [0.05, 0.1) is 19.1 Å². The molecule has 1 aromatic heterocycles. The van der Waals surface area contributed by atoms with E-state index in [-0.39, 0.29) is 18.0 Å². The predicted octanol–water partition coefficient (Wildman–Crippen LogP) is 2.76. The molecule has 0 aliphatic carbocycles. The topological polar surface area (TPSA) is 86.5 Å². The van der Waals surface area contributed by atoms with Gasteiger partial charge in [-0.2, -0.15) is 4.39 Å². The molecule has 2 rings (SSSR count). The third-order valence-corrected chi connectivity index (χ3v) is 2.95. The van der Waals surface area contributed by atoms with Gasteiger partial charge in [-0.15, -0.1) is 0 Å². The second-order valence-electron chi connectivity index (χ2n) is 4.32. The highest BCUT2D eigenvalue weighted by Crippen LogP contribution is 2.32. The fourth-order valence-corrected chi connectivity index (χ4v) is 1.88. The van der Waals surface area contributed by atoms with Crippen LogP contribution in [0.1, 0.15) is 5.56 Å². The molecule has 0 amide bonds. The Bertz CT molecular complexity index is 694. The van der Waals surface area contributed by atoms with Crippen molar-refractivity contribution in [3.63, 3.8) is 0 Å². The van der Waals surface area contributed by atoms with Crippen molar-refractivity contribution in [2.45, 2.75) is 6.54 Å². The zero-order valence-electron chi connectivity index (χ0n) is 12.0. The lowest BCUT2D eigenvalue weighted by molar-refractivity contribution is -0.386. The Morgan fingerprint density at radius 2 is 2.09 bits per heavy atom. The quantitative estimate of drug-likeness (QED) is 0.652. The number of ether oxygens (including phenoxy) is 2. The molecule has 0 atom stereocenters. The first-order valence-corrected chi connectivity index (χ1v) is 6.30. The molecular weight excluding hydrogens is 293 g/mol. The van der Waals surface area contributed by atoms with Crippen LogP contribution >= 0.6 is 0 Å². The molecule has 2 aromatic rings. The molecule has 0 saturated carbocycles. The Balaban J connectivity index is 2.27. The molecule has 0 spiro atoms. The number of aromatic nitrogens is 1. The minimum atomic E-state index is -0.959. The summed E-state index contributed by atoms with van der Waals surface area (Å²) in [6.07, 6.45) is 1.55. The largest absolute Gasteiger partial charge is 0.497 e. The second-order valence-corrected chi connectivity index (χ2v) is 4.32. The summed E-state index contributed by atoms with van der Waals surface area (Å²) < 4.78 is 23.7. The van der Waals surface area contributed by atoms with Crippen molar-refractivity contribution in [2.75, 3.05) is 19.5 Å². The number of halogens is 1. The molecule has 1 aromatic carbocycles. The summed E-state index contributed by atoms with van der Waals surface area (Å²) in [6.45, 7) is 0.242. The van der Waals surface area contributed by atoms with Crippen LogP contribution in [0.25, 0.3) is 0 Å². The molecule has 0 saturated heterocycles. The molecule has 0 radical (unpaired) electrons. The van der Waals surface area contributed by atoms with E-state index in [1.807, 2.05) is 0 Å². The molecule has 0 aliphatic heterocycles. The van der Waals surface area contributed by atoms with Crippen molar-refractivity contribution in [1.29, 1.82) is 0 Å². The van der Waals surface area contributed by atoms with E-state index in [9.17, 15) is 14.5 Å². The Kier molecular flexibility index (Phi) is 4.72. The van der Waals surface area contributed by atoms with E-state index < -0.39 is 16.4 Å². The van der Waals surface area contributed by atoms with Gasteiger partial charge in [0, 0.05) is 30.9 Å².